The van der Waals surface area contributed by atoms with Gasteiger partial charge in [0.1, 0.15) is 0 Å². The molecule has 0 aromatic heterocycles. The van der Waals surface area contributed by atoms with Crippen LogP contribution in [-0.4, -0.2) is 53.1 Å². The second-order valence-electron chi connectivity index (χ2n) is 3.52. The first-order valence-electron chi connectivity index (χ1n) is 4.72. The monoisotopic (exact) mass is 223 g/mol. The van der Waals surface area contributed by atoms with Crippen molar-refractivity contribution in [3.05, 3.63) is 0 Å². The Morgan fingerprint density at radius 1 is 1.57 bits per heavy atom. The summed E-state index contributed by atoms with van der Waals surface area (Å²) < 4.78 is 28.5. The van der Waals surface area contributed by atoms with Crippen molar-refractivity contribution in [2.45, 2.75) is 6.92 Å². The van der Waals surface area contributed by atoms with Gasteiger partial charge in [-0.05, 0) is 5.92 Å². The Labute approximate surface area is 86.9 Å². The van der Waals surface area contributed by atoms with Gasteiger partial charge in [-0.3, -0.25) is 13.6 Å². The highest BCUT2D eigenvalue weighted by Gasteiger charge is 2.14. The van der Waals surface area contributed by atoms with Crippen LogP contribution in [0.2, 0.25) is 0 Å². The van der Waals surface area contributed by atoms with Crippen LogP contribution >= 0.6 is 0 Å². The number of nitrogens with zero attached hydrogens (tertiary/aromatic N) is 1. The SMILES string of the molecule is C[C@@H](COS(=O)O)CN1CCOCC1. The van der Waals surface area contributed by atoms with Crippen LogP contribution in [0.4, 0.5) is 0 Å². The standard InChI is InChI=1S/C8H17NO4S/c1-8(7-13-14(10)11)6-9-2-4-12-5-3-9/h8H,2-7H2,1H3,(H,10,11)/t8-/m1/s1. The van der Waals surface area contributed by atoms with E-state index in [0.29, 0.717) is 6.61 Å². The third kappa shape index (κ3) is 5.02. The molecular weight excluding hydrogens is 206 g/mol. The van der Waals surface area contributed by atoms with Crippen molar-refractivity contribution in [3.8, 4) is 0 Å². The van der Waals surface area contributed by atoms with Crippen LogP contribution in [-0.2, 0) is 20.3 Å². The molecule has 1 fully saturated rings. The van der Waals surface area contributed by atoms with Crippen LogP contribution < -0.4 is 0 Å². The maximum absolute atomic E-state index is 10.3. The van der Waals surface area contributed by atoms with E-state index < -0.39 is 11.4 Å². The smallest absolute Gasteiger partial charge is 0.301 e. The van der Waals surface area contributed by atoms with E-state index in [-0.39, 0.29) is 5.92 Å². The molecule has 0 aromatic rings. The average Bonchev–Trinajstić information content (AvgIpc) is 2.16. The van der Waals surface area contributed by atoms with Gasteiger partial charge in [0, 0.05) is 19.6 Å². The fourth-order valence-corrected chi connectivity index (χ4v) is 1.80. The molecule has 14 heavy (non-hydrogen) atoms. The molecule has 5 nitrogen and oxygen atoms in total. The van der Waals surface area contributed by atoms with Crippen molar-refractivity contribution < 1.29 is 17.7 Å². The number of rotatable bonds is 5. The molecule has 1 unspecified atom stereocenters. The Hall–Kier alpha value is -0.0100. The minimum Gasteiger partial charge on any atom is -0.379 e. The molecule has 0 bridgehead atoms. The molecule has 0 aromatic carbocycles. The van der Waals surface area contributed by atoms with Crippen LogP contribution in [0, 0.1) is 5.92 Å². The molecule has 1 aliphatic heterocycles. The molecule has 0 radical (unpaired) electrons. The molecular formula is C8H17NO4S. The summed E-state index contributed by atoms with van der Waals surface area (Å²) in [6, 6.07) is 0. The third-order valence-electron chi connectivity index (χ3n) is 2.13. The summed E-state index contributed by atoms with van der Waals surface area (Å²) in [6.07, 6.45) is 0. The fraction of sp³-hybridized carbons (Fsp3) is 1.00. The van der Waals surface area contributed by atoms with Crippen molar-refractivity contribution in [2.24, 2.45) is 5.92 Å². The highest BCUT2D eigenvalue weighted by atomic mass is 32.2. The summed E-state index contributed by atoms with van der Waals surface area (Å²) >= 11 is -2.14. The molecule has 1 saturated heterocycles. The molecule has 0 aliphatic carbocycles. The minimum absolute atomic E-state index is 0.268. The van der Waals surface area contributed by atoms with Gasteiger partial charge in [-0.2, -0.15) is 4.21 Å². The molecule has 84 valence electrons. The first-order valence-corrected chi connectivity index (χ1v) is 5.76. The summed E-state index contributed by atoms with van der Waals surface area (Å²) in [4.78, 5) is 2.28. The van der Waals surface area contributed by atoms with E-state index in [9.17, 15) is 4.21 Å². The van der Waals surface area contributed by atoms with Gasteiger partial charge < -0.3 is 4.74 Å². The lowest BCUT2D eigenvalue weighted by molar-refractivity contribution is 0.0285. The number of ether oxygens (including phenoxy) is 1. The quantitative estimate of drug-likeness (QED) is 0.670. The first kappa shape index (κ1) is 12.1. The summed E-state index contributed by atoms with van der Waals surface area (Å²) in [5.41, 5.74) is 0. The van der Waals surface area contributed by atoms with Gasteiger partial charge in [0.05, 0.1) is 19.8 Å². The maximum atomic E-state index is 10.3. The summed E-state index contributed by atoms with van der Waals surface area (Å²) in [5.74, 6) is 0.268. The third-order valence-corrected chi connectivity index (χ3v) is 2.46. The largest absolute Gasteiger partial charge is 0.379 e. The highest BCUT2D eigenvalue weighted by molar-refractivity contribution is 7.74. The molecule has 0 amide bonds. The zero-order valence-corrected chi connectivity index (χ0v) is 9.16. The molecule has 1 N–H and O–H groups in total. The lowest BCUT2D eigenvalue weighted by Gasteiger charge is -2.28. The molecule has 1 aliphatic rings. The molecule has 2 atom stereocenters. The van der Waals surface area contributed by atoms with E-state index in [1.165, 1.54) is 0 Å². The Morgan fingerprint density at radius 3 is 2.79 bits per heavy atom. The van der Waals surface area contributed by atoms with E-state index in [0.717, 1.165) is 32.8 Å². The van der Waals surface area contributed by atoms with E-state index in [4.69, 9.17) is 9.29 Å². The van der Waals surface area contributed by atoms with Crippen LogP contribution in [0.15, 0.2) is 0 Å². The Morgan fingerprint density at radius 2 is 2.21 bits per heavy atom. The van der Waals surface area contributed by atoms with E-state index in [1.54, 1.807) is 0 Å². The van der Waals surface area contributed by atoms with Crippen LogP contribution in [0.5, 0.6) is 0 Å². The predicted molar refractivity (Wildman–Crippen MR) is 53.1 cm³/mol. The van der Waals surface area contributed by atoms with Crippen LogP contribution in [0.3, 0.4) is 0 Å². The van der Waals surface area contributed by atoms with Crippen molar-refractivity contribution in [2.75, 3.05) is 39.5 Å². The van der Waals surface area contributed by atoms with Crippen molar-refractivity contribution in [3.63, 3.8) is 0 Å². The Kier molecular flexibility index (Phi) is 5.57. The van der Waals surface area contributed by atoms with Gasteiger partial charge in [0.25, 0.3) is 0 Å². The molecule has 0 saturated carbocycles. The molecule has 0 spiro atoms. The van der Waals surface area contributed by atoms with Gasteiger partial charge >= 0.3 is 11.4 Å². The van der Waals surface area contributed by atoms with Gasteiger partial charge in [-0.1, -0.05) is 6.92 Å². The summed E-state index contributed by atoms with van der Waals surface area (Å²) in [5, 5.41) is 0. The summed E-state index contributed by atoms with van der Waals surface area (Å²) in [6.45, 7) is 6.64. The normalized spacial score (nSPS) is 23.3. The lowest BCUT2D eigenvalue weighted by atomic mass is 10.2. The minimum atomic E-state index is -2.14. The topological polar surface area (TPSA) is 59.0 Å². The zero-order chi connectivity index (χ0) is 10.4. The van der Waals surface area contributed by atoms with E-state index in [2.05, 4.69) is 9.08 Å². The molecule has 1 heterocycles. The Bertz CT molecular complexity index is 184. The second kappa shape index (κ2) is 6.47. The fourth-order valence-electron chi connectivity index (χ4n) is 1.45. The lowest BCUT2D eigenvalue weighted by Crippen LogP contribution is -2.39. The van der Waals surface area contributed by atoms with Gasteiger partial charge in [-0.25, -0.2) is 0 Å². The zero-order valence-electron chi connectivity index (χ0n) is 8.35. The predicted octanol–water partition coefficient (Wildman–Crippen LogP) is 0.108. The van der Waals surface area contributed by atoms with Crippen LogP contribution in [0.1, 0.15) is 6.92 Å². The molecule has 6 heteroatoms. The number of hydrogen-bond acceptors (Lipinski definition) is 4. The number of morpholine rings is 1. The van der Waals surface area contributed by atoms with E-state index in [1.807, 2.05) is 6.92 Å². The summed E-state index contributed by atoms with van der Waals surface area (Å²) in [7, 11) is 0. The average molecular weight is 223 g/mol. The molecule has 1 rings (SSSR count). The maximum Gasteiger partial charge on any atom is 0.301 e. The van der Waals surface area contributed by atoms with Crippen LogP contribution in [0.25, 0.3) is 0 Å². The van der Waals surface area contributed by atoms with Crippen molar-refractivity contribution in [1.82, 2.24) is 4.90 Å². The van der Waals surface area contributed by atoms with Crippen molar-refractivity contribution >= 4 is 11.4 Å². The highest BCUT2D eigenvalue weighted by Crippen LogP contribution is 2.04. The second-order valence-corrected chi connectivity index (χ2v) is 4.19. The van der Waals surface area contributed by atoms with E-state index >= 15 is 0 Å². The van der Waals surface area contributed by atoms with Gasteiger partial charge in [-0.15, -0.1) is 0 Å². The van der Waals surface area contributed by atoms with Crippen molar-refractivity contribution in [1.29, 1.82) is 0 Å². The first-order chi connectivity index (χ1) is 6.68. The van der Waals surface area contributed by atoms with Gasteiger partial charge in [0.2, 0.25) is 0 Å². The van der Waals surface area contributed by atoms with Gasteiger partial charge in [0.15, 0.2) is 0 Å². The Balaban J connectivity index is 2.11. The number of hydrogen-bond donors (Lipinski definition) is 1.